The highest BCUT2D eigenvalue weighted by molar-refractivity contribution is 14.1. The third-order valence-corrected chi connectivity index (χ3v) is 4.84. The van der Waals surface area contributed by atoms with Gasteiger partial charge >= 0.3 is 0 Å². The van der Waals surface area contributed by atoms with Crippen molar-refractivity contribution in [2.24, 2.45) is 0 Å². The Morgan fingerprint density at radius 3 is 2.50 bits per heavy atom. The van der Waals surface area contributed by atoms with Gasteiger partial charge in [-0.25, -0.2) is 4.98 Å². The Morgan fingerprint density at radius 2 is 1.89 bits per heavy atom. The molecule has 1 aliphatic rings. The van der Waals surface area contributed by atoms with E-state index in [0.717, 1.165) is 34.9 Å². The summed E-state index contributed by atoms with van der Waals surface area (Å²) in [6, 6.07) is 10.6. The van der Waals surface area contributed by atoms with Crippen molar-refractivity contribution in [3.63, 3.8) is 0 Å². The lowest BCUT2D eigenvalue weighted by Crippen LogP contribution is -2.36. The first-order valence-electron chi connectivity index (χ1n) is 5.94. The number of ether oxygens (including phenoxy) is 1. The zero-order valence-electron chi connectivity index (χ0n) is 9.80. The highest BCUT2D eigenvalue weighted by Crippen LogP contribution is 2.40. The van der Waals surface area contributed by atoms with Crippen molar-refractivity contribution in [2.75, 3.05) is 13.2 Å². The summed E-state index contributed by atoms with van der Waals surface area (Å²) in [6.45, 7) is 1.56. The third-order valence-electron chi connectivity index (χ3n) is 3.50. The second kappa shape index (κ2) is 5.22. The highest BCUT2D eigenvalue weighted by Gasteiger charge is 2.39. The van der Waals surface area contributed by atoms with Gasteiger partial charge in [-0.05, 0) is 52.5 Å². The molecule has 2 heterocycles. The maximum Gasteiger partial charge on any atom is 0.174 e. The zero-order valence-corrected chi connectivity index (χ0v) is 12.8. The van der Waals surface area contributed by atoms with Gasteiger partial charge in [0.1, 0.15) is 0 Å². The molecular weight excluding hydrogens is 359 g/mol. The van der Waals surface area contributed by atoms with Crippen molar-refractivity contribution in [3.8, 4) is 0 Å². The average molecular weight is 372 g/mol. The topological polar surface area (TPSA) is 35.0 Å². The maximum absolute atomic E-state index is 5.52. The zero-order chi connectivity index (χ0) is 12.4. The lowest BCUT2D eigenvalue weighted by atomic mass is 9.73. The van der Waals surface area contributed by atoms with Crippen LogP contribution in [-0.4, -0.2) is 22.6 Å². The fourth-order valence-corrected chi connectivity index (χ4v) is 3.55. The van der Waals surface area contributed by atoms with Crippen LogP contribution in [0.4, 0.5) is 0 Å². The van der Waals surface area contributed by atoms with E-state index in [-0.39, 0.29) is 5.41 Å². The summed E-state index contributed by atoms with van der Waals surface area (Å²) >= 11 is 3.71. The van der Waals surface area contributed by atoms with Crippen molar-refractivity contribution >= 4 is 34.1 Å². The summed E-state index contributed by atoms with van der Waals surface area (Å²) in [5.74, 6) is 0.964. The van der Waals surface area contributed by atoms with Gasteiger partial charge in [0.15, 0.2) is 8.84 Å². The average Bonchev–Trinajstić information content (AvgIpc) is 2.88. The second-order valence-electron chi connectivity index (χ2n) is 4.43. The van der Waals surface area contributed by atoms with E-state index in [1.165, 1.54) is 17.1 Å². The molecule has 0 unspecified atom stereocenters. The minimum Gasteiger partial charge on any atom is -0.381 e. The number of hydrogen-bond donors (Lipinski definition) is 0. The standard InChI is InChI=1S/C13H13IN2OS/c14-12-15-11(16-18-12)13(6-8-17-9-7-13)10-4-2-1-3-5-10/h1-5H,6-9H2. The predicted molar refractivity (Wildman–Crippen MR) is 79.9 cm³/mol. The van der Waals surface area contributed by atoms with Crippen molar-refractivity contribution in [1.82, 2.24) is 9.36 Å². The molecule has 3 nitrogen and oxygen atoms in total. The highest BCUT2D eigenvalue weighted by atomic mass is 127. The molecule has 2 aromatic rings. The van der Waals surface area contributed by atoms with Crippen LogP contribution in [0.3, 0.4) is 0 Å². The van der Waals surface area contributed by atoms with Crippen molar-refractivity contribution < 1.29 is 4.74 Å². The summed E-state index contributed by atoms with van der Waals surface area (Å²) in [6.07, 6.45) is 1.92. The second-order valence-corrected chi connectivity index (χ2v) is 6.94. The molecular formula is C13H13IN2OS. The Morgan fingerprint density at radius 1 is 1.17 bits per heavy atom. The monoisotopic (exact) mass is 372 g/mol. The van der Waals surface area contributed by atoms with Crippen LogP contribution in [0.5, 0.6) is 0 Å². The van der Waals surface area contributed by atoms with Gasteiger partial charge in [0, 0.05) is 13.2 Å². The molecule has 18 heavy (non-hydrogen) atoms. The first kappa shape index (κ1) is 12.5. The lowest BCUT2D eigenvalue weighted by molar-refractivity contribution is 0.0608. The van der Waals surface area contributed by atoms with Crippen LogP contribution in [0.2, 0.25) is 0 Å². The van der Waals surface area contributed by atoms with Gasteiger partial charge < -0.3 is 4.74 Å². The molecule has 0 spiro atoms. The molecule has 0 bridgehead atoms. The summed E-state index contributed by atoms with van der Waals surface area (Å²) in [5.41, 5.74) is 1.25. The molecule has 0 N–H and O–H groups in total. The minimum absolute atomic E-state index is 0.0561. The van der Waals surface area contributed by atoms with Crippen LogP contribution >= 0.6 is 34.1 Å². The summed E-state index contributed by atoms with van der Waals surface area (Å²) in [7, 11) is 0. The van der Waals surface area contributed by atoms with E-state index in [2.05, 4.69) is 62.3 Å². The molecule has 94 valence electrons. The molecule has 0 aliphatic carbocycles. The van der Waals surface area contributed by atoms with Gasteiger partial charge in [-0.1, -0.05) is 30.3 Å². The van der Waals surface area contributed by atoms with Gasteiger partial charge in [0.25, 0.3) is 0 Å². The largest absolute Gasteiger partial charge is 0.381 e. The molecule has 0 radical (unpaired) electrons. The van der Waals surface area contributed by atoms with Crippen molar-refractivity contribution in [2.45, 2.75) is 18.3 Å². The summed E-state index contributed by atoms with van der Waals surface area (Å²) in [4.78, 5) is 4.62. The van der Waals surface area contributed by atoms with E-state index in [1.54, 1.807) is 0 Å². The number of rotatable bonds is 2. The smallest absolute Gasteiger partial charge is 0.174 e. The number of nitrogens with zero attached hydrogens (tertiary/aromatic N) is 2. The summed E-state index contributed by atoms with van der Waals surface area (Å²) < 4.78 is 11.1. The van der Waals surface area contributed by atoms with E-state index in [4.69, 9.17) is 4.74 Å². The Kier molecular flexibility index (Phi) is 3.63. The van der Waals surface area contributed by atoms with E-state index in [9.17, 15) is 0 Å². The molecule has 3 rings (SSSR count). The molecule has 1 aromatic carbocycles. The predicted octanol–water partition coefficient (Wildman–Crippen LogP) is 3.24. The maximum atomic E-state index is 5.52. The quantitative estimate of drug-likeness (QED) is 0.760. The van der Waals surface area contributed by atoms with Crippen LogP contribution in [0, 0.1) is 3.01 Å². The van der Waals surface area contributed by atoms with Crippen LogP contribution in [0.1, 0.15) is 24.2 Å². The van der Waals surface area contributed by atoms with Crippen molar-refractivity contribution in [3.05, 3.63) is 44.7 Å². The number of hydrogen-bond acceptors (Lipinski definition) is 4. The minimum atomic E-state index is -0.0561. The SMILES string of the molecule is Ic1nc(C2(c3ccccc3)CCOCC2)ns1. The molecule has 1 saturated heterocycles. The number of benzene rings is 1. The fraction of sp³-hybridized carbons (Fsp3) is 0.385. The van der Waals surface area contributed by atoms with Gasteiger partial charge in [-0.3, -0.25) is 0 Å². The molecule has 5 heteroatoms. The van der Waals surface area contributed by atoms with E-state index in [1.807, 2.05) is 0 Å². The molecule has 1 fully saturated rings. The summed E-state index contributed by atoms with van der Waals surface area (Å²) in [5, 5.41) is 0. The molecule has 0 amide bonds. The number of aromatic nitrogens is 2. The van der Waals surface area contributed by atoms with E-state index < -0.39 is 0 Å². The Hall–Kier alpha value is -0.530. The van der Waals surface area contributed by atoms with Crippen LogP contribution in [-0.2, 0) is 10.2 Å². The van der Waals surface area contributed by atoms with Crippen LogP contribution < -0.4 is 0 Å². The first-order valence-corrected chi connectivity index (χ1v) is 7.79. The van der Waals surface area contributed by atoms with Gasteiger partial charge in [-0.2, -0.15) is 4.37 Å². The molecule has 1 aromatic heterocycles. The normalized spacial score (nSPS) is 18.7. The third kappa shape index (κ3) is 2.19. The van der Waals surface area contributed by atoms with Crippen molar-refractivity contribution in [1.29, 1.82) is 0 Å². The Balaban J connectivity index is 2.09. The first-order chi connectivity index (χ1) is 8.81. The van der Waals surface area contributed by atoms with E-state index in [0.29, 0.717) is 0 Å². The van der Waals surface area contributed by atoms with Gasteiger partial charge in [-0.15, -0.1) is 0 Å². The molecule has 0 atom stereocenters. The van der Waals surface area contributed by atoms with E-state index >= 15 is 0 Å². The van der Waals surface area contributed by atoms with Gasteiger partial charge in [0.05, 0.1) is 5.41 Å². The van der Waals surface area contributed by atoms with Crippen LogP contribution in [0.25, 0.3) is 0 Å². The van der Waals surface area contributed by atoms with Gasteiger partial charge in [0.2, 0.25) is 0 Å². The Labute approximate surface area is 124 Å². The number of halogens is 1. The molecule has 0 saturated carbocycles. The molecule has 1 aliphatic heterocycles. The Bertz CT molecular complexity index is 523. The fourth-order valence-electron chi connectivity index (χ4n) is 2.52. The van der Waals surface area contributed by atoms with Crippen LogP contribution in [0.15, 0.2) is 30.3 Å². The lowest BCUT2D eigenvalue weighted by Gasteiger charge is -2.35.